The number of carbonyl (C=O) groups is 1. The van der Waals surface area contributed by atoms with E-state index in [-0.39, 0.29) is 5.91 Å². The van der Waals surface area contributed by atoms with Crippen molar-refractivity contribution in [3.05, 3.63) is 50.7 Å². The first-order chi connectivity index (χ1) is 9.61. The van der Waals surface area contributed by atoms with E-state index < -0.39 is 0 Å². The average molecular weight is 309 g/mol. The number of carbonyl (C=O) groups excluding carboxylic acids is 1. The van der Waals surface area contributed by atoms with Crippen molar-refractivity contribution < 1.29 is 4.79 Å². The van der Waals surface area contributed by atoms with E-state index in [0.29, 0.717) is 17.1 Å². The Bertz CT molecular complexity index is 610. The molecule has 0 spiro atoms. The second-order valence-corrected chi connectivity index (χ2v) is 5.66. The molecule has 1 amide bonds. The molecule has 3 nitrogen and oxygen atoms in total. The van der Waals surface area contributed by atoms with E-state index in [9.17, 15) is 4.79 Å². The number of rotatable bonds is 5. The van der Waals surface area contributed by atoms with E-state index in [1.54, 1.807) is 23.5 Å². The van der Waals surface area contributed by atoms with Crippen LogP contribution in [-0.4, -0.2) is 12.5 Å². The SMILES string of the molecule is CCNc1ccc(Cl)cc1C(=O)NCc1cscc1C. The van der Waals surface area contributed by atoms with Gasteiger partial charge in [0.25, 0.3) is 5.91 Å². The highest BCUT2D eigenvalue weighted by Gasteiger charge is 2.12. The summed E-state index contributed by atoms with van der Waals surface area (Å²) >= 11 is 7.62. The van der Waals surface area contributed by atoms with Gasteiger partial charge in [-0.15, -0.1) is 0 Å². The van der Waals surface area contributed by atoms with E-state index in [2.05, 4.69) is 21.4 Å². The highest BCUT2D eigenvalue weighted by Crippen LogP contribution is 2.21. The third kappa shape index (κ3) is 3.52. The van der Waals surface area contributed by atoms with Crippen LogP contribution in [0.5, 0.6) is 0 Å². The average Bonchev–Trinajstić information content (AvgIpc) is 2.84. The zero-order valence-electron chi connectivity index (χ0n) is 11.5. The van der Waals surface area contributed by atoms with Gasteiger partial charge < -0.3 is 10.6 Å². The van der Waals surface area contributed by atoms with Gasteiger partial charge in [0.1, 0.15) is 0 Å². The summed E-state index contributed by atoms with van der Waals surface area (Å²) in [5, 5.41) is 10.8. The molecule has 20 heavy (non-hydrogen) atoms. The fraction of sp³-hybridized carbons (Fsp3) is 0.267. The van der Waals surface area contributed by atoms with Gasteiger partial charge in [0.05, 0.1) is 5.56 Å². The molecule has 1 heterocycles. The molecule has 1 aromatic heterocycles. The molecule has 0 aliphatic rings. The van der Waals surface area contributed by atoms with Gasteiger partial charge in [-0.3, -0.25) is 4.79 Å². The number of halogens is 1. The number of nitrogens with one attached hydrogen (secondary N) is 2. The molecule has 106 valence electrons. The van der Waals surface area contributed by atoms with Crippen molar-refractivity contribution in [3.63, 3.8) is 0 Å². The van der Waals surface area contributed by atoms with Crippen LogP contribution in [-0.2, 0) is 6.54 Å². The zero-order chi connectivity index (χ0) is 14.5. The van der Waals surface area contributed by atoms with E-state index in [4.69, 9.17) is 11.6 Å². The van der Waals surface area contributed by atoms with E-state index in [1.807, 2.05) is 19.9 Å². The van der Waals surface area contributed by atoms with Gasteiger partial charge in [-0.05, 0) is 53.9 Å². The van der Waals surface area contributed by atoms with E-state index in [1.165, 1.54) is 5.56 Å². The summed E-state index contributed by atoms with van der Waals surface area (Å²) in [6.45, 7) is 5.32. The van der Waals surface area contributed by atoms with Gasteiger partial charge in [-0.1, -0.05) is 11.6 Å². The molecule has 2 N–H and O–H groups in total. The smallest absolute Gasteiger partial charge is 0.253 e. The molecular formula is C15H17ClN2OS. The maximum absolute atomic E-state index is 12.3. The lowest BCUT2D eigenvalue weighted by molar-refractivity contribution is 0.0951. The summed E-state index contributed by atoms with van der Waals surface area (Å²) in [5.74, 6) is -0.117. The molecule has 2 aromatic rings. The van der Waals surface area contributed by atoms with Gasteiger partial charge in [-0.25, -0.2) is 0 Å². The van der Waals surface area contributed by atoms with Crippen LogP contribution in [0, 0.1) is 6.92 Å². The van der Waals surface area contributed by atoms with Crippen molar-refractivity contribution >= 4 is 34.5 Å². The minimum atomic E-state index is -0.117. The van der Waals surface area contributed by atoms with Crippen LogP contribution in [0.4, 0.5) is 5.69 Å². The van der Waals surface area contributed by atoms with Gasteiger partial charge in [-0.2, -0.15) is 11.3 Å². The summed E-state index contributed by atoms with van der Waals surface area (Å²) in [6.07, 6.45) is 0. The molecule has 0 aliphatic heterocycles. The van der Waals surface area contributed by atoms with Crippen molar-refractivity contribution in [2.75, 3.05) is 11.9 Å². The summed E-state index contributed by atoms with van der Waals surface area (Å²) in [5.41, 5.74) is 3.73. The second kappa shape index (κ2) is 6.77. The molecule has 0 saturated carbocycles. The van der Waals surface area contributed by atoms with Crippen molar-refractivity contribution in [2.24, 2.45) is 0 Å². The van der Waals surface area contributed by atoms with Crippen LogP contribution in [0.1, 0.15) is 28.4 Å². The van der Waals surface area contributed by atoms with Gasteiger partial charge in [0, 0.05) is 23.8 Å². The Morgan fingerprint density at radius 1 is 1.35 bits per heavy atom. The monoisotopic (exact) mass is 308 g/mol. The minimum absolute atomic E-state index is 0.117. The first-order valence-electron chi connectivity index (χ1n) is 6.45. The Morgan fingerprint density at radius 3 is 2.80 bits per heavy atom. The summed E-state index contributed by atoms with van der Waals surface area (Å²) < 4.78 is 0. The summed E-state index contributed by atoms with van der Waals surface area (Å²) in [4.78, 5) is 12.3. The molecule has 0 bridgehead atoms. The van der Waals surface area contributed by atoms with Crippen molar-refractivity contribution in [3.8, 4) is 0 Å². The van der Waals surface area contributed by atoms with Crippen molar-refractivity contribution in [1.29, 1.82) is 0 Å². The van der Waals surface area contributed by atoms with Crippen LogP contribution >= 0.6 is 22.9 Å². The molecule has 5 heteroatoms. The van der Waals surface area contributed by atoms with Crippen molar-refractivity contribution in [1.82, 2.24) is 5.32 Å². The van der Waals surface area contributed by atoms with Crippen LogP contribution in [0.2, 0.25) is 5.02 Å². The summed E-state index contributed by atoms with van der Waals surface area (Å²) in [7, 11) is 0. The lowest BCUT2D eigenvalue weighted by Crippen LogP contribution is -2.24. The van der Waals surface area contributed by atoms with Crippen LogP contribution in [0.25, 0.3) is 0 Å². The predicted molar refractivity (Wildman–Crippen MR) is 85.8 cm³/mol. The van der Waals surface area contributed by atoms with E-state index in [0.717, 1.165) is 17.8 Å². The lowest BCUT2D eigenvalue weighted by atomic mass is 10.1. The second-order valence-electron chi connectivity index (χ2n) is 4.48. The fourth-order valence-electron chi connectivity index (χ4n) is 1.89. The predicted octanol–water partition coefficient (Wildman–Crippen LogP) is 4.07. The van der Waals surface area contributed by atoms with Crippen LogP contribution < -0.4 is 10.6 Å². The number of amides is 1. The fourth-order valence-corrected chi connectivity index (χ4v) is 2.92. The molecule has 1 aromatic carbocycles. The maximum Gasteiger partial charge on any atom is 0.253 e. The first kappa shape index (κ1) is 14.9. The van der Waals surface area contributed by atoms with Gasteiger partial charge in [0.2, 0.25) is 0 Å². The van der Waals surface area contributed by atoms with Crippen LogP contribution in [0.15, 0.2) is 29.0 Å². The molecule has 0 atom stereocenters. The lowest BCUT2D eigenvalue weighted by Gasteiger charge is -2.11. The number of anilines is 1. The van der Waals surface area contributed by atoms with E-state index >= 15 is 0 Å². The largest absolute Gasteiger partial charge is 0.385 e. The Kier molecular flexibility index (Phi) is 5.04. The molecule has 0 unspecified atom stereocenters. The molecule has 2 rings (SSSR count). The third-order valence-electron chi connectivity index (χ3n) is 2.99. The standard InChI is InChI=1S/C15H17ClN2OS/c1-3-17-14-5-4-12(16)6-13(14)15(19)18-7-11-9-20-8-10(11)2/h4-6,8-9,17H,3,7H2,1-2H3,(H,18,19). The Balaban J connectivity index is 2.12. The normalized spacial score (nSPS) is 10.3. The number of hydrogen-bond donors (Lipinski definition) is 2. The number of benzene rings is 1. The molecular weight excluding hydrogens is 292 g/mol. The number of aryl methyl sites for hydroxylation is 1. The topological polar surface area (TPSA) is 41.1 Å². The van der Waals surface area contributed by atoms with Crippen LogP contribution in [0.3, 0.4) is 0 Å². The third-order valence-corrected chi connectivity index (χ3v) is 4.14. The molecule has 0 radical (unpaired) electrons. The zero-order valence-corrected chi connectivity index (χ0v) is 13.1. The molecule has 0 aliphatic carbocycles. The van der Waals surface area contributed by atoms with Gasteiger partial charge >= 0.3 is 0 Å². The highest BCUT2D eigenvalue weighted by atomic mass is 35.5. The number of hydrogen-bond acceptors (Lipinski definition) is 3. The minimum Gasteiger partial charge on any atom is -0.385 e. The Labute approximate surface area is 128 Å². The maximum atomic E-state index is 12.3. The molecule has 0 saturated heterocycles. The first-order valence-corrected chi connectivity index (χ1v) is 7.77. The summed E-state index contributed by atoms with van der Waals surface area (Å²) in [6, 6.07) is 5.30. The highest BCUT2D eigenvalue weighted by molar-refractivity contribution is 7.08. The van der Waals surface area contributed by atoms with Crippen molar-refractivity contribution in [2.45, 2.75) is 20.4 Å². The molecule has 0 fully saturated rings. The Hall–Kier alpha value is -1.52. The number of thiophene rings is 1. The van der Waals surface area contributed by atoms with Gasteiger partial charge in [0.15, 0.2) is 0 Å². The Morgan fingerprint density at radius 2 is 2.15 bits per heavy atom. The quantitative estimate of drug-likeness (QED) is 0.874.